The summed E-state index contributed by atoms with van der Waals surface area (Å²) in [7, 11) is 1.52. The van der Waals surface area contributed by atoms with Crippen LogP contribution in [0.1, 0.15) is 118 Å². The van der Waals surface area contributed by atoms with Crippen LogP contribution in [0.3, 0.4) is 0 Å². The first-order valence-electron chi connectivity index (χ1n) is 17.8. The van der Waals surface area contributed by atoms with Crippen LogP contribution in [0.25, 0.3) is 6.08 Å². The molecule has 0 amide bonds. The van der Waals surface area contributed by atoms with Gasteiger partial charge in [0.25, 0.3) is 0 Å². The maximum atomic E-state index is 12.9. The van der Waals surface area contributed by atoms with Crippen LogP contribution < -0.4 is 4.74 Å². The predicted octanol–water partition coefficient (Wildman–Crippen LogP) is 10.0. The highest BCUT2D eigenvalue weighted by molar-refractivity contribution is 5.87. The summed E-state index contributed by atoms with van der Waals surface area (Å²) in [5, 5.41) is 9.86. The average Bonchev–Trinajstić information content (AvgIpc) is 3.58. The largest absolute Gasteiger partial charge is 0.504 e. The Morgan fingerprint density at radius 2 is 1.82 bits per heavy atom. The number of aromatic hydroxyl groups is 1. The summed E-state index contributed by atoms with van der Waals surface area (Å²) in [5.41, 5.74) is 4.11. The number of esters is 1. The fraction of sp³-hybridized carbons (Fsp3) is 0.725. The summed E-state index contributed by atoms with van der Waals surface area (Å²) >= 11 is 0. The molecule has 0 saturated heterocycles. The van der Waals surface area contributed by atoms with E-state index in [0.717, 1.165) is 29.7 Å². The quantitative estimate of drug-likeness (QED) is 0.174. The van der Waals surface area contributed by atoms with Crippen LogP contribution in [0.2, 0.25) is 0 Å². The first-order valence-corrected chi connectivity index (χ1v) is 17.8. The molecule has 0 heterocycles. The van der Waals surface area contributed by atoms with Gasteiger partial charge in [0.1, 0.15) is 6.10 Å². The first-order chi connectivity index (χ1) is 20.8. The summed E-state index contributed by atoms with van der Waals surface area (Å²) in [6, 6.07) is 5.08. The Morgan fingerprint density at radius 3 is 2.55 bits per heavy atom. The van der Waals surface area contributed by atoms with Crippen LogP contribution in [-0.2, 0) is 9.53 Å². The number of hydrogen-bond donors (Lipinski definition) is 1. The number of hydrogen-bond acceptors (Lipinski definition) is 4. The topological polar surface area (TPSA) is 55.8 Å². The highest BCUT2D eigenvalue weighted by Crippen LogP contribution is 2.88. The van der Waals surface area contributed by atoms with Gasteiger partial charge >= 0.3 is 5.97 Å². The van der Waals surface area contributed by atoms with Gasteiger partial charge in [0.05, 0.1) is 7.11 Å². The van der Waals surface area contributed by atoms with Gasteiger partial charge in [-0.25, -0.2) is 4.79 Å². The van der Waals surface area contributed by atoms with E-state index in [0.29, 0.717) is 45.2 Å². The monoisotopic (exact) mass is 602 g/mol. The summed E-state index contributed by atoms with van der Waals surface area (Å²) in [6.45, 7) is 19.3. The molecule has 0 unspecified atom stereocenters. The number of fused-ring (bicyclic) bond motifs is 2. The van der Waals surface area contributed by atoms with Crippen molar-refractivity contribution in [3.05, 3.63) is 42.0 Å². The van der Waals surface area contributed by atoms with Crippen molar-refractivity contribution in [1.82, 2.24) is 0 Å². The van der Waals surface area contributed by atoms with Crippen molar-refractivity contribution in [3.63, 3.8) is 0 Å². The van der Waals surface area contributed by atoms with Gasteiger partial charge in [-0.05, 0) is 152 Å². The van der Waals surface area contributed by atoms with Gasteiger partial charge in [0.2, 0.25) is 0 Å². The maximum Gasteiger partial charge on any atom is 0.331 e. The molecule has 0 aromatic heterocycles. The Morgan fingerprint density at radius 1 is 1.05 bits per heavy atom. The molecule has 1 aromatic carbocycles. The van der Waals surface area contributed by atoms with E-state index < -0.39 is 0 Å². The first kappa shape index (κ1) is 31.7. The zero-order valence-electron chi connectivity index (χ0n) is 28.6. The van der Waals surface area contributed by atoms with Gasteiger partial charge in [-0.2, -0.15) is 0 Å². The molecule has 6 rings (SSSR count). The molecule has 44 heavy (non-hydrogen) atoms. The Kier molecular flexibility index (Phi) is 8.10. The van der Waals surface area contributed by atoms with E-state index in [-0.39, 0.29) is 17.8 Å². The highest BCUT2D eigenvalue weighted by atomic mass is 16.5. The molecule has 5 aliphatic carbocycles. The maximum absolute atomic E-state index is 12.9. The van der Waals surface area contributed by atoms with Gasteiger partial charge in [-0.1, -0.05) is 59.8 Å². The molecular formula is C40H58O4. The third kappa shape index (κ3) is 4.70. The van der Waals surface area contributed by atoms with E-state index in [4.69, 9.17) is 9.47 Å². The van der Waals surface area contributed by atoms with Crippen molar-refractivity contribution in [1.29, 1.82) is 0 Å². The van der Waals surface area contributed by atoms with Gasteiger partial charge in [0.15, 0.2) is 11.5 Å². The van der Waals surface area contributed by atoms with Gasteiger partial charge in [-0.3, -0.25) is 0 Å². The Balaban J connectivity index is 1.12. The van der Waals surface area contributed by atoms with E-state index >= 15 is 0 Å². The molecule has 242 valence electrons. The lowest BCUT2D eigenvalue weighted by atomic mass is 9.43. The van der Waals surface area contributed by atoms with Gasteiger partial charge in [0, 0.05) is 6.08 Å². The molecule has 5 fully saturated rings. The Bertz CT molecular complexity index is 1310. The molecule has 5 saturated carbocycles. The third-order valence-electron chi connectivity index (χ3n) is 15.0. The minimum absolute atomic E-state index is 0.00641. The molecule has 0 radical (unpaired) electrons. The number of phenols is 1. The van der Waals surface area contributed by atoms with Gasteiger partial charge < -0.3 is 14.6 Å². The number of rotatable bonds is 9. The zero-order chi connectivity index (χ0) is 31.7. The van der Waals surface area contributed by atoms with Crippen LogP contribution in [0.5, 0.6) is 11.5 Å². The van der Waals surface area contributed by atoms with E-state index in [1.807, 2.05) is 0 Å². The van der Waals surface area contributed by atoms with Crippen LogP contribution in [0.15, 0.2) is 36.4 Å². The molecule has 1 N–H and O–H groups in total. The Hall–Kier alpha value is -2.23. The lowest BCUT2D eigenvalue weighted by molar-refractivity contribution is -0.162. The van der Waals surface area contributed by atoms with Crippen LogP contribution in [0.4, 0.5) is 0 Å². The van der Waals surface area contributed by atoms with Crippen molar-refractivity contribution >= 4 is 12.0 Å². The summed E-state index contributed by atoms with van der Waals surface area (Å²) < 4.78 is 11.3. The third-order valence-corrected chi connectivity index (χ3v) is 15.0. The van der Waals surface area contributed by atoms with Crippen LogP contribution in [0, 0.1) is 57.2 Å². The minimum atomic E-state index is -0.270. The summed E-state index contributed by atoms with van der Waals surface area (Å²) in [6.07, 6.45) is 17.7. The molecule has 0 bridgehead atoms. The number of ether oxygens (including phenoxy) is 2. The number of benzene rings is 1. The number of carbonyl (C=O) groups excluding carboxylic acids is 1. The lowest BCUT2D eigenvalue weighted by Gasteiger charge is -2.62. The van der Waals surface area contributed by atoms with Crippen molar-refractivity contribution < 1.29 is 19.4 Å². The van der Waals surface area contributed by atoms with E-state index in [1.54, 1.807) is 24.3 Å². The van der Waals surface area contributed by atoms with Crippen LogP contribution in [-0.4, -0.2) is 24.3 Å². The molecule has 4 heteroatoms. The van der Waals surface area contributed by atoms with E-state index in [9.17, 15) is 9.90 Å². The van der Waals surface area contributed by atoms with Crippen molar-refractivity contribution in [2.24, 2.45) is 57.2 Å². The normalized spacial score (nSPS) is 41.3. The van der Waals surface area contributed by atoms with Crippen molar-refractivity contribution in [2.75, 3.05) is 7.11 Å². The summed E-state index contributed by atoms with van der Waals surface area (Å²) in [4.78, 5) is 12.9. The number of phenolic OH excluding ortho intramolecular Hbond substituents is 1. The van der Waals surface area contributed by atoms with Gasteiger partial charge in [-0.15, -0.1) is 0 Å². The zero-order valence-corrected chi connectivity index (χ0v) is 28.6. The van der Waals surface area contributed by atoms with Crippen LogP contribution >= 0.6 is 0 Å². The SMILES string of the molecule is C=C(CC[C@@H](C)[C@H]1CC[C@@]2(C)[C@@H]3CC[C@H]4[C@H](C)[C@@H](OC(=O)/C=C\c5ccc(O)c(OC)c5)CC[C@@]45C[C@@]35CC[C@]12C)C(C)C. The number of carbonyl (C=O) groups is 1. The molecule has 1 aromatic rings. The van der Waals surface area contributed by atoms with E-state index in [2.05, 4.69) is 48.1 Å². The smallest absolute Gasteiger partial charge is 0.331 e. The van der Waals surface area contributed by atoms with Crippen molar-refractivity contribution in [3.8, 4) is 11.5 Å². The number of allylic oxidation sites excluding steroid dienone is 1. The second-order valence-corrected chi connectivity index (χ2v) is 16.7. The highest BCUT2D eigenvalue weighted by Gasteiger charge is 2.81. The lowest BCUT2D eigenvalue weighted by Crippen LogP contribution is -2.56. The van der Waals surface area contributed by atoms with Crippen molar-refractivity contribution in [2.45, 2.75) is 118 Å². The van der Waals surface area contributed by atoms with E-state index in [1.165, 1.54) is 83.0 Å². The fourth-order valence-corrected chi connectivity index (χ4v) is 12.2. The summed E-state index contributed by atoms with van der Waals surface area (Å²) in [5.74, 6) is 4.34. The minimum Gasteiger partial charge on any atom is -0.504 e. The fourth-order valence-electron chi connectivity index (χ4n) is 12.2. The Labute approximate surface area is 267 Å². The molecule has 4 nitrogen and oxygen atoms in total. The standard InChI is InChI=1S/C40H58O4/c1-25(2)26(3)9-10-27(4)30-17-19-38(7)35-15-13-31-28(5)33(18-20-39(31)24-40(35,39)22-21-37(30,38)6)44-36(42)16-12-29-11-14-32(41)34(23-29)43-8/h11-12,14,16,23,25,27-28,30-31,33,35,41H,3,9-10,13,15,17-22,24H2,1-2,4-8H3/b16-12-/t27-,28+,30-,31+,33+,35+,37-,38+,39-,40+/m1/s1. The molecular weight excluding hydrogens is 544 g/mol. The second-order valence-electron chi connectivity index (χ2n) is 16.7. The molecule has 5 aliphatic rings. The second kappa shape index (κ2) is 11.2. The molecule has 10 atom stereocenters. The predicted molar refractivity (Wildman–Crippen MR) is 178 cm³/mol. The number of methoxy groups -OCH3 is 1. The molecule has 2 spiro atoms. The molecule has 0 aliphatic heterocycles. The average molecular weight is 603 g/mol.